The van der Waals surface area contributed by atoms with Crippen LogP contribution in [-0.4, -0.2) is 17.1 Å². The van der Waals surface area contributed by atoms with E-state index >= 15 is 0 Å². The fourth-order valence-electron chi connectivity index (χ4n) is 4.29. The number of hydrogen-bond acceptors (Lipinski definition) is 2. The predicted octanol–water partition coefficient (Wildman–Crippen LogP) is 4.07. The maximum Gasteiger partial charge on any atom is 0.0406 e. The number of rotatable bonds is 3. The molecule has 0 saturated carbocycles. The van der Waals surface area contributed by atoms with Gasteiger partial charge in [0.05, 0.1) is 0 Å². The molecule has 0 spiro atoms. The highest BCUT2D eigenvalue weighted by molar-refractivity contribution is 5.50. The van der Waals surface area contributed by atoms with Crippen LogP contribution in [0.1, 0.15) is 31.4 Å². The lowest BCUT2D eigenvalue weighted by Gasteiger charge is -2.40. The zero-order chi connectivity index (χ0) is 14.1. The molecule has 4 rings (SSSR count). The number of aromatic nitrogens is 1. The van der Waals surface area contributed by atoms with Crippen LogP contribution < -0.4 is 4.90 Å². The minimum absolute atomic E-state index is 0.736. The van der Waals surface area contributed by atoms with Gasteiger partial charge >= 0.3 is 0 Å². The standard InChI is InChI=1S/C19H22N2/c1-2-7-17(8-3-1)21-18-9-10-19(21)14-15(13-18)12-16-6-4-5-11-20-16/h1-8,11,15,18-19H,9-10,12-14H2/t15-,18+,19?/m0/s1. The van der Waals surface area contributed by atoms with Crippen molar-refractivity contribution >= 4 is 5.69 Å². The number of fused-ring (bicyclic) bond motifs is 2. The lowest BCUT2D eigenvalue weighted by Crippen LogP contribution is -2.43. The van der Waals surface area contributed by atoms with E-state index in [1.165, 1.54) is 37.1 Å². The van der Waals surface area contributed by atoms with Gasteiger partial charge in [-0.15, -0.1) is 0 Å². The van der Waals surface area contributed by atoms with Gasteiger partial charge in [0.25, 0.3) is 0 Å². The summed E-state index contributed by atoms with van der Waals surface area (Å²) in [5.41, 5.74) is 2.68. The Kier molecular flexibility index (Phi) is 3.38. The van der Waals surface area contributed by atoms with Crippen LogP contribution in [0.3, 0.4) is 0 Å². The fourth-order valence-corrected chi connectivity index (χ4v) is 4.29. The Morgan fingerprint density at radius 2 is 1.62 bits per heavy atom. The Labute approximate surface area is 126 Å². The van der Waals surface area contributed by atoms with Gasteiger partial charge in [0.1, 0.15) is 0 Å². The molecule has 2 aliphatic rings. The molecule has 108 valence electrons. The summed E-state index contributed by atoms with van der Waals surface area (Å²) in [7, 11) is 0. The van der Waals surface area contributed by atoms with E-state index in [9.17, 15) is 0 Å². The van der Waals surface area contributed by atoms with Crippen LogP contribution in [0.4, 0.5) is 5.69 Å². The van der Waals surface area contributed by atoms with E-state index in [4.69, 9.17) is 0 Å². The van der Waals surface area contributed by atoms with E-state index in [0.29, 0.717) is 0 Å². The van der Waals surface area contributed by atoms with Crippen molar-refractivity contribution in [1.82, 2.24) is 4.98 Å². The highest BCUT2D eigenvalue weighted by Crippen LogP contribution is 2.42. The first-order valence-electron chi connectivity index (χ1n) is 8.13. The minimum Gasteiger partial charge on any atom is -0.366 e. The van der Waals surface area contributed by atoms with Crippen LogP contribution in [0.2, 0.25) is 0 Å². The maximum atomic E-state index is 4.51. The zero-order valence-corrected chi connectivity index (χ0v) is 12.4. The largest absolute Gasteiger partial charge is 0.366 e. The Hall–Kier alpha value is -1.83. The maximum absolute atomic E-state index is 4.51. The summed E-state index contributed by atoms with van der Waals surface area (Å²) in [5, 5.41) is 0. The monoisotopic (exact) mass is 278 g/mol. The van der Waals surface area contributed by atoms with E-state index in [2.05, 4.69) is 52.3 Å². The van der Waals surface area contributed by atoms with Crippen LogP contribution in [0.25, 0.3) is 0 Å². The smallest absolute Gasteiger partial charge is 0.0406 e. The van der Waals surface area contributed by atoms with Crippen molar-refractivity contribution in [2.24, 2.45) is 5.92 Å². The first kappa shape index (κ1) is 12.9. The first-order chi connectivity index (χ1) is 10.4. The topological polar surface area (TPSA) is 16.1 Å². The van der Waals surface area contributed by atoms with Crippen molar-refractivity contribution in [2.75, 3.05) is 4.90 Å². The van der Waals surface area contributed by atoms with Gasteiger partial charge in [-0.05, 0) is 62.3 Å². The van der Waals surface area contributed by atoms with Crippen LogP contribution in [-0.2, 0) is 6.42 Å². The second kappa shape index (κ2) is 5.51. The fraction of sp³-hybridized carbons (Fsp3) is 0.421. The quantitative estimate of drug-likeness (QED) is 0.841. The van der Waals surface area contributed by atoms with E-state index in [0.717, 1.165) is 24.4 Å². The average Bonchev–Trinajstić information content (AvgIpc) is 2.80. The van der Waals surface area contributed by atoms with Crippen molar-refractivity contribution in [1.29, 1.82) is 0 Å². The van der Waals surface area contributed by atoms with Gasteiger partial charge in [-0.2, -0.15) is 0 Å². The number of nitrogens with zero attached hydrogens (tertiary/aromatic N) is 2. The van der Waals surface area contributed by atoms with Crippen molar-refractivity contribution in [3.05, 3.63) is 60.4 Å². The predicted molar refractivity (Wildman–Crippen MR) is 86.4 cm³/mol. The van der Waals surface area contributed by atoms with Gasteiger partial charge in [0.2, 0.25) is 0 Å². The number of benzene rings is 1. The van der Waals surface area contributed by atoms with E-state index in [-0.39, 0.29) is 0 Å². The molecule has 2 saturated heterocycles. The molecular formula is C19H22N2. The number of hydrogen-bond donors (Lipinski definition) is 0. The van der Waals surface area contributed by atoms with Crippen LogP contribution in [0.15, 0.2) is 54.7 Å². The summed E-state index contributed by atoms with van der Waals surface area (Å²) in [5.74, 6) is 0.803. The molecule has 2 heteroatoms. The Morgan fingerprint density at radius 3 is 2.29 bits per heavy atom. The lowest BCUT2D eigenvalue weighted by atomic mass is 9.86. The van der Waals surface area contributed by atoms with Crippen molar-refractivity contribution in [2.45, 2.75) is 44.2 Å². The van der Waals surface area contributed by atoms with Gasteiger partial charge in [0, 0.05) is 29.7 Å². The molecule has 2 fully saturated rings. The number of anilines is 1. The van der Waals surface area contributed by atoms with Gasteiger partial charge in [-0.25, -0.2) is 0 Å². The summed E-state index contributed by atoms with van der Waals surface area (Å²) < 4.78 is 0. The SMILES string of the molecule is c1ccc(N2C3CC[C@@H]2C[C@H](Cc2ccccn2)C3)cc1. The van der Waals surface area contributed by atoms with Gasteiger partial charge < -0.3 is 4.90 Å². The molecule has 2 aliphatic heterocycles. The molecule has 2 bridgehead atoms. The van der Waals surface area contributed by atoms with E-state index in [1.54, 1.807) is 0 Å². The normalized spacial score (nSPS) is 27.8. The van der Waals surface area contributed by atoms with Crippen molar-refractivity contribution in [3.8, 4) is 0 Å². The lowest BCUT2D eigenvalue weighted by molar-refractivity contribution is 0.336. The average molecular weight is 278 g/mol. The highest BCUT2D eigenvalue weighted by atomic mass is 15.2. The van der Waals surface area contributed by atoms with Gasteiger partial charge in [-0.3, -0.25) is 4.98 Å². The van der Waals surface area contributed by atoms with Crippen LogP contribution in [0, 0.1) is 5.92 Å². The highest BCUT2D eigenvalue weighted by Gasteiger charge is 2.40. The molecule has 3 atom stereocenters. The summed E-state index contributed by atoms with van der Waals surface area (Å²) in [4.78, 5) is 7.20. The third-order valence-corrected chi connectivity index (χ3v) is 5.11. The first-order valence-corrected chi connectivity index (χ1v) is 8.13. The molecule has 1 aromatic carbocycles. The summed E-state index contributed by atoms with van der Waals surface area (Å²) in [6, 6.07) is 18.7. The third-order valence-electron chi connectivity index (χ3n) is 5.11. The van der Waals surface area contributed by atoms with Crippen molar-refractivity contribution < 1.29 is 0 Å². The third kappa shape index (κ3) is 2.55. The summed E-state index contributed by atoms with van der Waals surface area (Å²) in [6.45, 7) is 0. The second-order valence-corrected chi connectivity index (χ2v) is 6.49. The van der Waals surface area contributed by atoms with E-state index in [1.807, 2.05) is 12.3 Å². The van der Waals surface area contributed by atoms with Gasteiger partial charge in [-0.1, -0.05) is 24.3 Å². The molecule has 0 radical (unpaired) electrons. The molecular weight excluding hydrogens is 256 g/mol. The Bertz CT molecular complexity index is 567. The molecule has 0 amide bonds. The zero-order valence-electron chi connectivity index (χ0n) is 12.4. The Balaban J connectivity index is 1.49. The summed E-state index contributed by atoms with van der Waals surface area (Å²) >= 11 is 0. The second-order valence-electron chi connectivity index (χ2n) is 6.49. The molecule has 1 aromatic heterocycles. The molecule has 0 aliphatic carbocycles. The number of piperidine rings is 1. The minimum atomic E-state index is 0.736. The van der Waals surface area contributed by atoms with E-state index < -0.39 is 0 Å². The van der Waals surface area contributed by atoms with Gasteiger partial charge in [0.15, 0.2) is 0 Å². The number of pyridine rings is 1. The van der Waals surface area contributed by atoms with Crippen LogP contribution in [0.5, 0.6) is 0 Å². The molecule has 2 nitrogen and oxygen atoms in total. The molecule has 21 heavy (non-hydrogen) atoms. The number of para-hydroxylation sites is 1. The van der Waals surface area contributed by atoms with Crippen LogP contribution >= 0.6 is 0 Å². The molecule has 1 unspecified atom stereocenters. The molecule has 3 heterocycles. The Morgan fingerprint density at radius 1 is 0.905 bits per heavy atom. The molecule has 2 aromatic rings. The summed E-state index contributed by atoms with van der Waals surface area (Å²) in [6.07, 6.45) is 8.43. The van der Waals surface area contributed by atoms with Crippen molar-refractivity contribution in [3.63, 3.8) is 0 Å². The molecule has 0 N–H and O–H groups in total.